The number of halogens is 1. The molecule has 0 aliphatic carbocycles. The van der Waals surface area contributed by atoms with Gasteiger partial charge in [-0.05, 0) is 12.1 Å². The fraction of sp³-hybridized carbons (Fsp3) is 0.111. The van der Waals surface area contributed by atoms with Crippen molar-refractivity contribution < 1.29 is 9.90 Å². The summed E-state index contributed by atoms with van der Waals surface area (Å²) < 4.78 is 1.64. The van der Waals surface area contributed by atoms with Gasteiger partial charge in [-0.15, -0.1) is 0 Å². The second kappa shape index (κ2) is 2.99. The molecule has 14 heavy (non-hydrogen) atoms. The summed E-state index contributed by atoms with van der Waals surface area (Å²) in [7, 11) is 1.74. The first-order valence-electron chi connectivity index (χ1n) is 3.94. The molecule has 0 spiro atoms. The molecule has 0 bridgehead atoms. The summed E-state index contributed by atoms with van der Waals surface area (Å²) in [4.78, 5) is 14.9. The van der Waals surface area contributed by atoms with Gasteiger partial charge < -0.3 is 9.67 Å². The summed E-state index contributed by atoms with van der Waals surface area (Å²) >= 11 is 5.86. The molecule has 0 saturated carbocycles. The third kappa shape index (κ3) is 1.15. The fourth-order valence-electron chi connectivity index (χ4n) is 1.38. The minimum atomic E-state index is -0.973. The number of rotatable bonds is 1. The maximum absolute atomic E-state index is 10.9. The molecule has 4 nitrogen and oxygen atoms in total. The largest absolute Gasteiger partial charge is 0.478 e. The fourth-order valence-corrected chi connectivity index (χ4v) is 1.56. The third-order valence-corrected chi connectivity index (χ3v) is 2.46. The summed E-state index contributed by atoms with van der Waals surface area (Å²) in [5, 5.41) is 9.94. The average molecular weight is 211 g/mol. The van der Waals surface area contributed by atoms with Crippen LogP contribution >= 0.6 is 11.6 Å². The maximum Gasteiger partial charge on any atom is 0.336 e. The zero-order valence-electron chi connectivity index (χ0n) is 7.36. The Bertz CT molecular complexity index is 519. The van der Waals surface area contributed by atoms with Crippen molar-refractivity contribution in [3.63, 3.8) is 0 Å². The highest BCUT2D eigenvalue weighted by molar-refractivity contribution is 6.31. The highest BCUT2D eigenvalue weighted by Gasteiger charge is 2.12. The molecule has 2 rings (SSSR count). The number of carboxylic acid groups (broad SMARTS) is 1. The number of pyridine rings is 1. The van der Waals surface area contributed by atoms with Crippen molar-refractivity contribution in [2.24, 2.45) is 7.05 Å². The summed E-state index contributed by atoms with van der Waals surface area (Å²) in [6.45, 7) is 0. The molecule has 0 aliphatic rings. The minimum absolute atomic E-state index is 0.220. The van der Waals surface area contributed by atoms with Crippen molar-refractivity contribution in [2.45, 2.75) is 0 Å². The lowest BCUT2D eigenvalue weighted by Crippen LogP contribution is -1.98. The van der Waals surface area contributed by atoms with Crippen LogP contribution in [-0.4, -0.2) is 20.6 Å². The molecule has 0 radical (unpaired) electrons. The molecule has 0 aliphatic heterocycles. The normalized spacial score (nSPS) is 10.7. The van der Waals surface area contributed by atoms with Crippen LogP contribution in [0.2, 0.25) is 5.15 Å². The molecule has 2 aromatic heterocycles. The van der Waals surface area contributed by atoms with E-state index in [-0.39, 0.29) is 5.56 Å². The highest BCUT2D eigenvalue weighted by atomic mass is 35.5. The summed E-state index contributed by atoms with van der Waals surface area (Å²) in [5.74, 6) is -0.973. The Labute approximate surface area is 84.7 Å². The van der Waals surface area contributed by atoms with E-state index in [1.165, 1.54) is 12.3 Å². The van der Waals surface area contributed by atoms with E-state index in [9.17, 15) is 4.79 Å². The van der Waals surface area contributed by atoms with Gasteiger partial charge in [0.2, 0.25) is 0 Å². The number of hydrogen-bond acceptors (Lipinski definition) is 2. The van der Waals surface area contributed by atoms with Gasteiger partial charge >= 0.3 is 5.97 Å². The van der Waals surface area contributed by atoms with E-state index >= 15 is 0 Å². The molecule has 0 fully saturated rings. The number of carboxylic acids is 1. The zero-order valence-corrected chi connectivity index (χ0v) is 8.12. The molecule has 0 unspecified atom stereocenters. The Morgan fingerprint density at radius 1 is 1.64 bits per heavy atom. The van der Waals surface area contributed by atoms with Gasteiger partial charge in [-0.25, -0.2) is 9.78 Å². The van der Waals surface area contributed by atoms with Gasteiger partial charge in [0, 0.05) is 18.6 Å². The molecule has 1 N–H and O–H groups in total. The van der Waals surface area contributed by atoms with Gasteiger partial charge in [0.25, 0.3) is 0 Å². The number of nitrogens with zero attached hydrogens (tertiary/aromatic N) is 2. The van der Waals surface area contributed by atoms with Crippen LogP contribution < -0.4 is 0 Å². The molecule has 5 heteroatoms. The molecular weight excluding hydrogens is 204 g/mol. The monoisotopic (exact) mass is 210 g/mol. The first-order valence-corrected chi connectivity index (χ1v) is 4.32. The van der Waals surface area contributed by atoms with Crippen molar-refractivity contribution in [1.82, 2.24) is 9.55 Å². The van der Waals surface area contributed by atoms with Crippen LogP contribution in [0, 0.1) is 0 Å². The molecule has 0 amide bonds. The quantitative estimate of drug-likeness (QED) is 0.783. The van der Waals surface area contributed by atoms with Crippen molar-refractivity contribution >= 4 is 28.6 Å². The molecule has 72 valence electrons. The predicted octanol–water partition coefficient (Wildman–Crippen LogP) is 1.92. The molecule has 0 aromatic carbocycles. The van der Waals surface area contributed by atoms with Crippen LogP contribution in [0.15, 0.2) is 18.3 Å². The third-order valence-electron chi connectivity index (χ3n) is 2.10. The number of aryl methyl sites for hydroxylation is 1. The van der Waals surface area contributed by atoms with Crippen molar-refractivity contribution in [2.75, 3.05) is 0 Å². The number of carbonyl (C=O) groups is 1. The molecule has 2 heterocycles. The van der Waals surface area contributed by atoms with Crippen LogP contribution in [0.4, 0.5) is 0 Å². The average Bonchev–Trinajstić information content (AvgIpc) is 2.43. The summed E-state index contributed by atoms with van der Waals surface area (Å²) in [6.07, 6.45) is 1.46. The summed E-state index contributed by atoms with van der Waals surface area (Å²) in [6, 6.07) is 3.06. The van der Waals surface area contributed by atoms with Crippen molar-refractivity contribution in [3.05, 3.63) is 29.0 Å². The first kappa shape index (κ1) is 9.02. The van der Waals surface area contributed by atoms with E-state index < -0.39 is 5.97 Å². The van der Waals surface area contributed by atoms with E-state index in [0.717, 1.165) is 0 Å². The molecular formula is C9H7ClN2O2. The minimum Gasteiger partial charge on any atom is -0.478 e. The van der Waals surface area contributed by atoms with E-state index in [2.05, 4.69) is 4.98 Å². The Hall–Kier alpha value is -1.55. The lowest BCUT2D eigenvalue weighted by atomic mass is 10.2. The first-order chi connectivity index (χ1) is 6.61. The van der Waals surface area contributed by atoms with Gasteiger partial charge in [-0.2, -0.15) is 0 Å². The van der Waals surface area contributed by atoms with Gasteiger partial charge in [0.1, 0.15) is 10.8 Å². The number of aromatic nitrogens is 2. The van der Waals surface area contributed by atoms with Gasteiger partial charge in [-0.1, -0.05) is 11.6 Å². The van der Waals surface area contributed by atoms with E-state index in [4.69, 9.17) is 16.7 Å². The summed E-state index contributed by atoms with van der Waals surface area (Å²) in [5.41, 5.74) is 0.799. The van der Waals surface area contributed by atoms with E-state index in [1.807, 2.05) is 0 Å². The van der Waals surface area contributed by atoms with Gasteiger partial charge in [0.15, 0.2) is 0 Å². The van der Waals surface area contributed by atoms with Crippen LogP contribution in [-0.2, 0) is 7.05 Å². The molecule has 0 atom stereocenters. The van der Waals surface area contributed by atoms with Crippen LogP contribution in [0.5, 0.6) is 0 Å². The number of hydrogen-bond donors (Lipinski definition) is 1. The molecule has 0 saturated heterocycles. The Balaban J connectivity index is 2.88. The Morgan fingerprint density at radius 3 is 3.00 bits per heavy atom. The van der Waals surface area contributed by atoms with Crippen LogP contribution in [0.25, 0.3) is 11.0 Å². The second-order valence-electron chi connectivity index (χ2n) is 2.93. The lowest BCUT2D eigenvalue weighted by molar-refractivity contribution is 0.0699. The van der Waals surface area contributed by atoms with Crippen molar-refractivity contribution in [3.8, 4) is 0 Å². The SMILES string of the molecule is Cn1c(Cl)cc2c(C(=O)O)ccnc21. The Kier molecular flexibility index (Phi) is 1.93. The van der Waals surface area contributed by atoms with Crippen molar-refractivity contribution in [1.29, 1.82) is 0 Å². The highest BCUT2D eigenvalue weighted by Crippen LogP contribution is 2.23. The lowest BCUT2D eigenvalue weighted by Gasteiger charge is -1.97. The smallest absolute Gasteiger partial charge is 0.336 e. The molecule has 2 aromatic rings. The van der Waals surface area contributed by atoms with Crippen LogP contribution in [0.3, 0.4) is 0 Å². The standard InChI is InChI=1S/C9H7ClN2O2/c1-12-7(10)4-6-5(9(13)14)2-3-11-8(6)12/h2-4H,1H3,(H,13,14). The number of fused-ring (bicyclic) bond motifs is 1. The number of aromatic carboxylic acids is 1. The Morgan fingerprint density at radius 2 is 2.36 bits per heavy atom. The second-order valence-corrected chi connectivity index (χ2v) is 3.31. The van der Waals surface area contributed by atoms with Gasteiger partial charge in [0.05, 0.1) is 5.56 Å². The zero-order chi connectivity index (χ0) is 10.3. The predicted molar refractivity (Wildman–Crippen MR) is 52.7 cm³/mol. The maximum atomic E-state index is 10.9. The van der Waals surface area contributed by atoms with E-state index in [1.54, 1.807) is 17.7 Å². The van der Waals surface area contributed by atoms with Crippen LogP contribution in [0.1, 0.15) is 10.4 Å². The van der Waals surface area contributed by atoms with E-state index in [0.29, 0.717) is 16.2 Å². The topological polar surface area (TPSA) is 55.1 Å². The van der Waals surface area contributed by atoms with Gasteiger partial charge in [-0.3, -0.25) is 0 Å².